The van der Waals surface area contributed by atoms with E-state index in [2.05, 4.69) is 9.47 Å². The van der Waals surface area contributed by atoms with E-state index in [-0.39, 0.29) is 11.6 Å². The quantitative estimate of drug-likeness (QED) is 0.579. The zero-order chi connectivity index (χ0) is 19.7. The lowest BCUT2D eigenvalue weighted by Gasteiger charge is -2.36. The second kappa shape index (κ2) is 8.13. The van der Waals surface area contributed by atoms with Gasteiger partial charge in [0.2, 0.25) is 0 Å². The first-order valence-electron chi connectivity index (χ1n) is 9.97. The van der Waals surface area contributed by atoms with Crippen molar-refractivity contribution in [1.29, 1.82) is 0 Å². The number of carbonyl (C=O) groups is 1. The summed E-state index contributed by atoms with van der Waals surface area (Å²) in [6, 6.07) is 4.75. The Labute approximate surface area is 169 Å². The first kappa shape index (κ1) is 19.3. The molecule has 1 fully saturated rings. The fourth-order valence-corrected chi connectivity index (χ4v) is 4.31. The number of halogens is 1. The van der Waals surface area contributed by atoms with Crippen LogP contribution < -0.4 is 4.90 Å². The minimum absolute atomic E-state index is 0.120. The second-order valence-electron chi connectivity index (χ2n) is 7.63. The molecule has 0 unspecified atom stereocenters. The number of anilines is 1. The van der Waals surface area contributed by atoms with E-state index in [4.69, 9.17) is 17.3 Å². The van der Waals surface area contributed by atoms with Crippen molar-refractivity contribution in [2.45, 2.75) is 45.8 Å². The fraction of sp³-hybridized carbons (Fsp3) is 0.550. The molecule has 2 aliphatic rings. The van der Waals surface area contributed by atoms with Crippen LogP contribution in [0.15, 0.2) is 18.2 Å². The summed E-state index contributed by atoms with van der Waals surface area (Å²) in [6.07, 6.45) is 4.59. The minimum Gasteiger partial charge on any atom is -0.367 e. The number of aryl methyl sites for hydroxylation is 1. The van der Waals surface area contributed by atoms with E-state index in [1.807, 2.05) is 9.58 Å². The average Bonchev–Trinajstić information content (AvgIpc) is 2.85. The van der Waals surface area contributed by atoms with Crippen molar-refractivity contribution in [3.8, 4) is 0 Å². The highest BCUT2D eigenvalue weighted by Crippen LogP contribution is 2.22. The monoisotopic (exact) mass is 403 g/mol. The van der Waals surface area contributed by atoms with Gasteiger partial charge in [0.05, 0.1) is 12.4 Å². The van der Waals surface area contributed by atoms with Crippen LogP contribution in [0.4, 0.5) is 10.1 Å². The topological polar surface area (TPSA) is 46.3 Å². The molecule has 0 N–H and O–H groups in total. The number of rotatable bonds is 4. The molecule has 0 spiro atoms. The number of hydrogen-bond donors (Lipinski definition) is 0. The highest BCUT2D eigenvalue weighted by molar-refractivity contribution is 7.71. The van der Waals surface area contributed by atoms with Gasteiger partial charge in [-0.3, -0.25) is 9.69 Å². The van der Waals surface area contributed by atoms with Crippen LogP contribution in [0.1, 0.15) is 42.4 Å². The van der Waals surface area contributed by atoms with Crippen molar-refractivity contribution in [2.75, 3.05) is 31.1 Å². The summed E-state index contributed by atoms with van der Waals surface area (Å²) in [6.45, 7) is 6.20. The van der Waals surface area contributed by atoms with E-state index in [0.29, 0.717) is 17.9 Å². The van der Waals surface area contributed by atoms with Gasteiger partial charge >= 0.3 is 0 Å². The van der Waals surface area contributed by atoms with E-state index >= 15 is 0 Å². The van der Waals surface area contributed by atoms with Gasteiger partial charge in [0.15, 0.2) is 10.6 Å². The number of nitrogens with zero attached hydrogens (tertiary/aromatic N) is 5. The summed E-state index contributed by atoms with van der Waals surface area (Å²) in [7, 11) is 0. The summed E-state index contributed by atoms with van der Waals surface area (Å²) >= 11 is 5.64. The second-order valence-corrected chi connectivity index (χ2v) is 7.99. The number of piperazine rings is 1. The van der Waals surface area contributed by atoms with Crippen LogP contribution in [-0.2, 0) is 19.6 Å². The van der Waals surface area contributed by atoms with Gasteiger partial charge in [-0.15, -0.1) is 0 Å². The van der Waals surface area contributed by atoms with Crippen LogP contribution in [-0.4, -0.2) is 51.2 Å². The number of carbonyl (C=O) groups excluding carboxylic acids is 1. The van der Waals surface area contributed by atoms with Crippen molar-refractivity contribution in [2.24, 2.45) is 0 Å². The Morgan fingerprint density at radius 1 is 1.14 bits per heavy atom. The Morgan fingerprint density at radius 3 is 2.64 bits per heavy atom. The van der Waals surface area contributed by atoms with Gasteiger partial charge < -0.3 is 9.47 Å². The van der Waals surface area contributed by atoms with Crippen LogP contribution in [0.3, 0.4) is 0 Å². The number of benzene rings is 1. The third-order valence-corrected chi connectivity index (χ3v) is 6.11. The third-order valence-electron chi connectivity index (χ3n) is 5.68. The van der Waals surface area contributed by atoms with Gasteiger partial charge in [0, 0.05) is 44.7 Å². The molecular weight excluding hydrogens is 377 g/mol. The Balaban J connectivity index is 1.40. The fourth-order valence-electron chi connectivity index (χ4n) is 4.02. The molecular formula is C20H26FN5OS. The molecule has 6 nitrogen and oxygen atoms in total. The molecule has 0 amide bonds. The maximum Gasteiger partial charge on any atom is 0.199 e. The normalized spacial score (nSPS) is 18.0. The van der Waals surface area contributed by atoms with Crippen molar-refractivity contribution < 1.29 is 9.18 Å². The van der Waals surface area contributed by atoms with Gasteiger partial charge in [0.1, 0.15) is 11.6 Å². The molecule has 0 bridgehead atoms. The number of Topliss-reactive ketones (excluding diaryl/α,β-unsaturated/α-hetero) is 1. The predicted molar refractivity (Wildman–Crippen MR) is 109 cm³/mol. The molecule has 0 atom stereocenters. The Kier molecular flexibility index (Phi) is 5.59. The minimum atomic E-state index is -0.332. The number of fused-ring (bicyclic) bond motifs is 1. The number of ketones is 1. The highest BCUT2D eigenvalue weighted by Gasteiger charge is 2.22. The Hall–Kier alpha value is -2.06. The molecule has 150 valence electrons. The lowest BCUT2D eigenvalue weighted by Crippen LogP contribution is -2.47. The summed E-state index contributed by atoms with van der Waals surface area (Å²) in [5, 5.41) is 4.75. The van der Waals surface area contributed by atoms with Gasteiger partial charge in [-0.05, 0) is 50.2 Å². The lowest BCUT2D eigenvalue weighted by molar-refractivity contribution is 0.101. The maximum atomic E-state index is 14.4. The van der Waals surface area contributed by atoms with Crippen LogP contribution in [0.25, 0.3) is 0 Å². The SMILES string of the molecule is CC(=O)c1ccc(N2CCN(Cn3nc4n(c3=S)CCCCC4)CC2)c(F)c1. The van der Waals surface area contributed by atoms with E-state index in [1.54, 1.807) is 12.1 Å². The molecule has 0 saturated carbocycles. The Morgan fingerprint density at radius 2 is 1.93 bits per heavy atom. The van der Waals surface area contributed by atoms with Gasteiger partial charge in [-0.2, -0.15) is 5.10 Å². The zero-order valence-corrected chi connectivity index (χ0v) is 17.1. The highest BCUT2D eigenvalue weighted by atomic mass is 32.1. The molecule has 2 aliphatic heterocycles. The van der Waals surface area contributed by atoms with Gasteiger partial charge in [-0.25, -0.2) is 9.07 Å². The summed E-state index contributed by atoms with van der Waals surface area (Å²) < 4.78 is 19.4. The average molecular weight is 404 g/mol. The molecule has 3 heterocycles. The smallest absolute Gasteiger partial charge is 0.199 e. The molecule has 0 aliphatic carbocycles. The maximum absolute atomic E-state index is 14.4. The molecule has 1 aromatic carbocycles. The van der Waals surface area contributed by atoms with E-state index in [0.717, 1.165) is 49.7 Å². The number of aromatic nitrogens is 3. The zero-order valence-electron chi connectivity index (χ0n) is 16.2. The summed E-state index contributed by atoms with van der Waals surface area (Å²) in [5.74, 6) is 0.653. The van der Waals surface area contributed by atoms with Crippen molar-refractivity contribution in [3.05, 3.63) is 40.2 Å². The largest absolute Gasteiger partial charge is 0.367 e. The van der Waals surface area contributed by atoms with Crippen molar-refractivity contribution >= 4 is 23.7 Å². The molecule has 4 rings (SSSR count). The van der Waals surface area contributed by atoms with Crippen LogP contribution in [0.5, 0.6) is 0 Å². The summed E-state index contributed by atoms with van der Waals surface area (Å²) in [5.41, 5.74) is 0.976. The van der Waals surface area contributed by atoms with Crippen LogP contribution in [0.2, 0.25) is 0 Å². The van der Waals surface area contributed by atoms with E-state index < -0.39 is 0 Å². The van der Waals surface area contributed by atoms with Crippen molar-refractivity contribution in [1.82, 2.24) is 19.2 Å². The first-order valence-corrected chi connectivity index (χ1v) is 10.4. The van der Waals surface area contributed by atoms with Crippen LogP contribution in [0, 0.1) is 10.6 Å². The van der Waals surface area contributed by atoms with Gasteiger partial charge in [0.25, 0.3) is 0 Å². The predicted octanol–water partition coefficient (Wildman–Crippen LogP) is 3.26. The first-order chi connectivity index (χ1) is 13.5. The van der Waals surface area contributed by atoms with Gasteiger partial charge in [-0.1, -0.05) is 6.42 Å². The van der Waals surface area contributed by atoms with E-state index in [1.165, 1.54) is 32.3 Å². The van der Waals surface area contributed by atoms with E-state index in [9.17, 15) is 9.18 Å². The number of hydrogen-bond acceptors (Lipinski definition) is 5. The third kappa shape index (κ3) is 3.89. The molecule has 2 aromatic rings. The van der Waals surface area contributed by atoms with Crippen LogP contribution >= 0.6 is 12.2 Å². The molecule has 1 saturated heterocycles. The molecule has 1 aromatic heterocycles. The van der Waals surface area contributed by atoms with Crippen molar-refractivity contribution in [3.63, 3.8) is 0 Å². The molecule has 8 heteroatoms. The Bertz CT molecular complexity index is 929. The molecule has 28 heavy (non-hydrogen) atoms. The summed E-state index contributed by atoms with van der Waals surface area (Å²) in [4.78, 5) is 15.8. The molecule has 0 radical (unpaired) electrons. The lowest BCUT2D eigenvalue weighted by atomic mass is 10.1. The standard InChI is InChI=1S/C20H26FN5OS/c1-15(27)16-6-7-18(17(21)13-16)24-11-9-23(10-12-24)14-26-20(28)25-8-4-2-3-5-19(25)22-26/h6-7,13H,2-5,8-12,14H2,1H3.